The molecular formula is C14H20ClN3O2. The zero-order valence-electron chi connectivity index (χ0n) is 11.6. The fourth-order valence-corrected chi connectivity index (χ4v) is 2.78. The van der Waals surface area contributed by atoms with Crippen LogP contribution in [-0.4, -0.2) is 36.8 Å². The third kappa shape index (κ3) is 3.35. The van der Waals surface area contributed by atoms with Crippen LogP contribution in [0, 0.1) is 0 Å². The Labute approximate surface area is 124 Å². The highest BCUT2D eigenvalue weighted by Crippen LogP contribution is 2.26. The molecule has 1 atom stereocenters. The molecule has 110 valence electrons. The van der Waals surface area contributed by atoms with Crippen LogP contribution in [0.5, 0.6) is 0 Å². The van der Waals surface area contributed by atoms with Crippen molar-refractivity contribution in [2.45, 2.75) is 25.9 Å². The van der Waals surface area contributed by atoms with Crippen molar-refractivity contribution >= 4 is 23.1 Å². The van der Waals surface area contributed by atoms with E-state index in [9.17, 15) is 0 Å². The molecule has 0 aromatic heterocycles. The maximum Gasteiger partial charge on any atom is 0.171 e. The molecule has 1 heterocycles. The molecule has 6 heteroatoms. The van der Waals surface area contributed by atoms with E-state index in [2.05, 4.69) is 10.1 Å². The highest BCUT2D eigenvalue weighted by molar-refractivity contribution is 6.34. The van der Waals surface area contributed by atoms with Gasteiger partial charge in [0.1, 0.15) is 0 Å². The van der Waals surface area contributed by atoms with E-state index in [0.717, 1.165) is 38.2 Å². The second-order valence-electron chi connectivity index (χ2n) is 4.81. The summed E-state index contributed by atoms with van der Waals surface area (Å²) in [5, 5.41) is 12.2. The Hall–Kier alpha value is -1.46. The van der Waals surface area contributed by atoms with E-state index in [4.69, 9.17) is 27.3 Å². The van der Waals surface area contributed by atoms with Crippen molar-refractivity contribution in [3.8, 4) is 0 Å². The Kier molecular flexibility index (Phi) is 5.09. The first kappa shape index (κ1) is 14.9. The number of anilines is 1. The predicted molar refractivity (Wildman–Crippen MR) is 80.8 cm³/mol. The highest BCUT2D eigenvalue weighted by Gasteiger charge is 2.21. The summed E-state index contributed by atoms with van der Waals surface area (Å²) < 4.78 is 5.70. The number of hydrogen-bond acceptors (Lipinski definition) is 4. The Morgan fingerprint density at radius 2 is 2.40 bits per heavy atom. The number of halogens is 1. The lowest BCUT2D eigenvalue weighted by Gasteiger charge is -2.34. The van der Waals surface area contributed by atoms with Crippen molar-refractivity contribution in [1.29, 1.82) is 0 Å². The van der Waals surface area contributed by atoms with Crippen molar-refractivity contribution < 1.29 is 9.94 Å². The normalized spacial score (nSPS) is 20.2. The molecule has 1 saturated heterocycles. The van der Waals surface area contributed by atoms with Crippen LogP contribution < -0.4 is 10.6 Å². The molecule has 20 heavy (non-hydrogen) atoms. The van der Waals surface area contributed by atoms with Crippen LogP contribution in [-0.2, 0) is 4.74 Å². The van der Waals surface area contributed by atoms with Crippen LogP contribution in [0.1, 0.15) is 25.3 Å². The SMILES string of the molecule is CCOC1CCCN(c2ccc(C(N)=NO)c(Cl)c2)C1. The van der Waals surface area contributed by atoms with Gasteiger partial charge in [-0.3, -0.25) is 0 Å². The molecule has 5 nitrogen and oxygen atoms in total. The van der Waals surface area contributed by atoms with Gasteiger partial charge in [-0.2, -0.15) is 0 Å². The summed E-state index contributed by atoms with van der Waals surface area (Å²) in [5.74, 6) is 0.0207. The average molecular weight is 298 g/mol. The molecule has 0 saturated carbocycles. The maximum absolute atomic E-state index is 8.70. The van der Waals surface area contributed by atoms with E-state index < -0.39 is 0 Å². The smallest absolute Gasteiger partial charge is 0.171 e. The number of ether oxygens (including phenoxy) is 1. The van der Waals surface area contributed by atoms with Gasteiger partial charge in [-0.1, -0.05) is 16.8 Å². The van der Waals surface area contributed by atoms with E-state index >= 15 is 0 Å². The van der Waals surface area contributed by atoms with Crippen LogP contribution in [0.15, 0.2) is 23.4 Å². The molecule has 2 rings (SSSR count). The van der Waals surface area contributed by atoms with Gasteiger partial charge in [-0.15, -0.1) is 0 Å². The van der Waals surface area contributed by atoms with Crippen LogP contribution in [0.3, 0.4) is 0 Å². The van der Waals surface area contributed by atoms with Crippen molar-refractivity contribution in [3.05, 3.63) is 28.8 Å². The van der Waals surface area contributed by atoms with Crippen LogP contribution >= 0.6 is 11.6 Å². The van der Waals surface area contributed by atoms with Crippen molar-refractivity contribution in [1.82, 2.24) is 0 Å². The summed E-state index contributed by atoms with van der Waals surface area (Å²) in [6, 6.07) is 5.56. The number of piperidine rings is 1. The Morgan fingerprint density at radius 1 is 1.60 bits per heavy atom. The van der Waals surface area contributed by atoms with Gasteiger partial charge in [0.05, 0.1) is 11.1 Å². The molecule has 1 aromatic carbocycles. The van der Waals surface area contributed by atoms with E-state index in [1.807, 2.05) is 19.1 Å². The molecule has 3 N–H and O–H groups in total. The van der Waals surface area contributed by atoms with Gasteiger partial charge in [0.2, 0.25) is 0 Å². The van der Waals surface area contributed by atoms with Crippen molar-refractivity contribution in [2.24, 2.45) is 10.9 Å². The molecule has 0 amide bonds. The highest BCUT2D eigenvalue weighted by atomic mass is 35.5. The summed E-state index contributed by atoms with van der Waals surface area (Å²) in [6.07, 6.45) is 2.47. The molecule has 1 unspecified atom stereocenters. The van der Waals surface area contributed by atoms with Gasteiger partial charge >= 0.3 is 0 Å². The zero-order valence-corrected chi connectivity index (χ0v) is 12.3. The van der Waals surface area contributed by atoms with Gasteiger partial charge in [0, 0.05) is 30.9 Å². The molecule has 1 aromatic rings. The number of amidine groups is 1. The first-order valence-corrected chi connectivity index (χ1v) is 7.17. The van der Waals surface area contributed by atoms with E-state index in [1.165, 1.54) is 0 Å². The Bertz CT molecular complexity index is 491. The standard InChI is InChI=1S/C14H20ClN3O2/c1-2-20-11-4-3-7-18(9-11)10-5-6-12(13(15)8-10)14(16)17-19/h5-6,8,11,19H,2-4,7,9H2,1H3,(H2,16,17). The molecule has 1 aliphatic heterocycles. The monoisotopic (exact) mass is 297 g/mol. The van der Waals surface area contributed by atoms with E-state index in [0.29, 0.717) is 10.6 Å². The number of hydrogen-bond donors (Lipinski definition) is 2. The minimum absolute atomic E-state index is 0.0207. The number of rotatable bonds is 4. The van der Waals surface area contributed by atoms with Gasteiger partial charge in [-0.05, 0) is 38.0 Å². The summed E-state index contributed by atoms with van der Waals surface area (Å²) in [6.45, 7) is 4.61. The second-order valence-corrected chi connectivity index (χ2v) is 5.22. The Balaban J connectivity index is 2.15. The minimum atomic E-state index is 0.0207. The zero-order chi connectivity index (χ0) is 14.5. The summed E-state index contributed by atoms with van der Waals surface area (Å²) in [5.41, 5.74) is 7.14. The average Bonchev–Trinajstić information content (AvgIpc) is 2.47. The lowest BCUT2D eigenvalue weighted by atomic mass is 10.1. The molecule has 0 aliphatic carbocycles. The third-order valence-corrected chi connectivity index (χ3v) is 3.79. The molecule has 0 radical (unpaired) electrons. The van der Waals surface area contributed by atoms with Gasteiger partial charge < -0.3 is 20.6 Å². The largest absolute Gasteiger partial charge is 0.409 e. The molecule has 0 spiro atoms. The predicted octanol–water partition coefficient (Wildman–Crippen LogP) is 2.44. The molecular weight excluding hydrogens is 278 g/mol. The lowest BCUT2D eigenvalue weighted by molar-refractivity contribution is 0.0527. The van der Waals surface area contributed by atoms with E-state index in [-0.39, 0.29) is 11.9 Å². The number of nitrogens with zero attached hydrogens (tertiary/aromatic N) is 2. The lowest BCUT2D eigenvalue weighted by Crippen LogP contribution is -2.39. The number of oxime groups is 1. The van der Waals surface area contributed by atoms with Gasteiger partial charge in [0.25, 0.3) is 0 Å². The quantitative estimate of drug-likeness (QED) is 0.387. The first-order chi connectivity index (χ1) is 9.65. The summed E-state index contributed by atoms with van der Waals surface area (Å²) >= 11 is 6.19. The topological polar surface area (TPSA) is 71.1 Å². The summed E-state index contributed by atoms with van der Waals surface area (Å²) in [7, 11) is 0. The van der Waals surface area contributed by atoms with Crippen LogP contribution in [0.25, 0.3) is 0 Å². The fraction of sp³-hybridized carbons (Fsp3) is 0.500. The maximum atomic E-state index is 8.70. The van der Waals surface area contributed by atoms with E-state index in [1.54, 1.807) is 6.07 Å². The van der Waals surface area contributed by atoms with Gasteiger partial charge in [0.15, 0.2) is 5.84 Å². The van der Waals surface area contributed by atoms with Crippen LogP contribution in [0.4, 0.5) is 5.69 Å². The molecule has 1 fully saturated rings. The minimum Gasteiger partial charge on any atom is -0.409 e. The third-order valence-electron chi connectivity index (χ3n) is 3.48. The van der Waals surface area contributed by atoms with Crippen molar-refractivity contribution in [3.63, 3.8) is 0 Å². The van der Waals surface area contributed by atoms with Gasteiger partial charge in [-0.25, -0.2) is 0 Å². The Morgan fingerprint density at radius 3 is 3.05 bits per heavy atom. The number of nitrogens with two attached hydrogens (primary N) is 1. The molecule has 0 bridgehead atoms. The first-order valence-electron chi connectivity index (χ1n) is 6.79. The van der Waals surface area contributed by atoms with Crippen LogP contribution in [0.2, 0.25) is 5.02 Å². The number of benzene rings is 1. The second kappa shape index (κ2) is 6.81. The van der Waals surface area contributed by atoms with Crippen molar-refractivity contribution in [2.75, 3.05) is 24.6 Å². The summed E-state index contributed by atoms with van der Waals surface area (Å²) in [4.78, 5) is 2.26. The molecule has 1 aliphatic rings. The fourth-order valence-electron chi connectivity index (χ4n) is 2.51.